The van der Waals surface area contributed by atoms with E-state index in [1.165, 1.54) is 6.20 Å². The van der Waals surface area contributed by atoms with Gasteiger partial charge < -0.3 is 4.57 Å². The summed E-state index contributed by atoms with van der Waals surface area (Å²) in [7, 11) is -3.68. The maximum Gasteiger partial charge on any atom is 0.257 e. The molecule has 1 aromatic rings. The number of aromatic nitrogens is 2. The lowest BCUT2D eigenvalue weighted by atomic mass is 10.1. The fourth-order valence-corrected chi connectivity index (χ4v) is 2.05. The molecule has 1 rings (SSSR count). The molecule has 1 aromatic heterocycles. The number of nitrogens with two attached hydrogens (primary N) is 1. The number of imidazole rings is 1. The number of primary sulfonamides is 1. The lowest BCUT2D eigenvalue weighted by Crippen LogP contribution is -2.12. The van der Waals surface area contributed by atoms with Crippen LogP contribution in [0.15, 0.2) is 11.2 Å². The molecule has 0 radical (unpaired) electrons. The van der Waals surface area contributed by atoms with Gasteiger partial charge in [0.25, 0.3) is 10.0 Å². The smallest absolute Gasteiger partial charge is 0.257 e. The quantitative estimate of drug-likeness (QED) is 0.848. The second-order valence-electron chi connectivity index (χ2n) is 4.40. The molecule has 0 aliphatic heterocycles. The molecule has 0 aliphatic carbocycles. The van der Waals surface area contributed by atoms with Crippen molar-refractivity contribution >= 4 is 10.0 Å². The topological polar surface area (TPSA) is 78.0 Å². The van der Waals surface area contributed by atoms with Crippen LogP contribution in [0.5, 0.6) is 0 Å². The maximum atomic E-state index is 11.1. The molecular weight excluding hydrogens is 226 g/mol. The Morgan fingerprint density at radius 2 is 2.12 bits per heavy atom. The highest BCUT2D eigenvalue weighted by molar-refractivity contribution is 7.89. The number of hydrogen-bond acceptors (Lipinski definition) is 3. The van der Waals surface area contributed by atoms with Gasteiger partial charge in [0.15, 0.2) is 5.03 Å². The van der Waals surface area contributed by atoms with Crippen molar-refractivity contribution in [1.82, 2.24) is 9.55 Å². The minimum Gasteiger partial charge on any atom is -0.334 e. The Hall–Kier alpha value is -0.880. The van der Waals surface area contributed by atoms with E-state index in [1.54, 1.807) is 6.92 Å². The summed E-state index contributed by atoms with van der Waals surface area (Å²) in [6.45, 7) is 6.89. The van der Waals surface area contributed by atoms with Crippen molar-refractivity contribution in [3.63, 3.8) is 0 Å². The Morgan fingerprint density at radius 1 is 1.50 bits per heavy atom. The molecular formula is C10H19N3O2S. The van der Waals surface area contributed by atoms with Gasteiger partial charge >= 0.3 is 0 Å². The molecule has 0 fully saturated rings. The first-order valence-electron chi connectivity index (χ1n) is 5.37. The maximum absolute atomic E-state index is 11.1. The van der Waals surface area contributed by atoms with E-state index in [9.17, 15) is 8.42 Å². The second-order valence-corrected chi connectivity index (χ2v) is 5.91. The van der Waals surface area contributed by atoms with Crippen LogP contribution in [0.3, 0.4) is 0 Å². The molecule has 0 unspecified atom stereocenters. The lowest BCUT2D eigenvalue weighted by molar-refractivity contribution is 0.507. The van der Waals surface area contributed by atoms with Crippen molar-refractivity contribution in [2.24, 2.45) is 11.1 Å². The van der Waals surface area contributed by atoms with Crippen molar-refractivity contribution < 1.29 is 8.42 Å². The van der Waals surface area contributed by atoms with Gasteiger partial charge in [0.05, 0.1) is 0 Å². The molecule has 2 N–H and O–H groups in total. The van der Waals surface area contributed by atoms with Gasteiger partial charge in [-0.05, 0) is 25.7 Å². The lowest BCUT2D eigenvalue weighted by Gasteiger charge is -2.06. The molecule has 6 heteroatoms. The van der Waals surface area contributed by atoms with E-state index in [1.807, 2.05) is 4.57 Å². The number of sulfonamides is 1. The molecule has 0 bridgehead atoms. The predicted octanol–water partition coefficient (Wildman–Crippen LogP) is 1.28. The van der Waals surface area contributed by atoms with Crippen LogP contribution in [0.1, 0.15) is 32.5 Å². The molecule has 1 heterocycles. The Balaban J connectivity index is 2.72. The van der Waals surface area contributed by atoms with Gasteiger partial charge in [-0.2, -0.15) is 0 Å². The second kappa shape index (κ2) is 4.97. The summed E-state index contributed by atoms with van der Waals surface area (Å²) in [5.41, 5.74) is 0. The SMILES string of the molecule is Cc1nc(S(N)(=O)=O)cn1CCCC(C)C. The van der Waals surface area contributed by atoms with E-state index >= 15 is 0 Å². The van der Waals surface area contributed by atoms with Crippen LogP contribution in [0, 0.1) is 12.8 Å². The van der Waals surface area contributed by atoms with Crippen LogP contribution in [0.2, 0.25) is 0 Å². The fraction of sp³-hybridized carbons (Fsp3) is 0.700. The molecule has 0 aliphatic rings. The summed E-state index contributed by atoms with van der Waals surface area (Å²) in [5, 5.41) is 4.97. The predicted molar refractivity (Wildman–Crippen MR) is 62.4 cm³/mol. The monoisotopic (exact) mass is 245 g/mol. The first kappa shape index (κ1) is 13.2. The number of hydrogen-bond donors (Lipinski definition) is 1. The molecule has 16 heavy (non-hydrogen) atoms. The third-order valence-corrected chi connectivity index (χ3v) is 3.21. The third-order valence-electron chi connectivity index (χ3n) is 2.43. The number of rotatable bonds is 5. The van der Waals surface area contributed by atoms with E-state index in [0.29, 0.717) is 11.7 Å². The Bertz CT molecular complexity index is 449. The van der Waals surface area contributed by atoms with Crippen molar-refractivity contribution in [3.8, 4) is 0 Å². The highest BCUT2D eigenvalue weighted by Crippen LogP contribution is 2.10. The molecule has 0 saturated carbocycles. The third kappa shape index (κ3) is 3.61. The molecule has 5 nitrogen and oxygen atoms in total. The highest BCUT2D eigenvalue weighted by atomic mass is 32.2. The summed E-state index contributed by atoms with van der Waals surface area (Å²) in [5.74, 6) is 1.34. The molecule has 0 atom stereocenters. The summed E-state index contributed by atoms with van der Waals surface area (Å²) in [6.07, 6.45) is 3.63. The van der Waals surface area contributed by atoms with Crippen LogP contribution in [0.4, 0.5) is 0 Å². The van der Waals surface area contributed by atoms with E-state index in [2.05, 4.69) is 18.8 Å². The van der Waals surface area contributed by atoms with Crippen molar-refractivity contribution in [2.45, 2.75) is 45.2 Å². The number of nitrogens with zero attached hydrogens (tertiary/aromatic N) is 2. The van der Waals surface area contributed by atoms with Gasteiger partial charge in [-0.3, -0.25) is 0 Å². The molecule has 92 valence electrons. The van der Waals surface area contributed by atoms with Gasteiger partial charge in [0.2, 0.25) is 0 Å². The van der Waals surface area contributed by atoms with Crippen molar-refractivity contribution in [1.29, 1.82) is 0 Å². The first-order chi connectivity index (χ1) is 7.30. The molecule has 0 saturated heterocycles. The summed E-state index contributed by atoms with van der Waals surface area (Å²) < 4.78 is 24.0. The van der Waals surface area contributed by atoms with E-state index in [4.69, 9.17) is 5.14 Å². The summed E-state index contributed by atoms with van der Waals surface area (Å²) >= 11 is 0. The van der Waals surface area contributed by atoms with Gasteiger partial charge in [-0.25, -0.2) is 18.5 Å². The Kier molecular flexibility index (Phi) is 4.09. The van der Waals surface area contributed by atoms with Crippen molar-refractivity contribution in [2.75, 3.05) is 0 Å². The molecule has 0 amide bonds. The van der Waals surface area contributed by atoms with E-state index < -0.39 is 10.0 Å². The van der Waals surface area contributed by atoms with Crippen LogP contribution in [-0.4, -0.2) is 18.0 Å². The summed E-state index contributed by atoms with van der Waals surface area (Å²) in [4.78, 5) is 3.93. The average molecular weight is 245 g/mol. The van der Waals surface area contributed by atoms with E-state index in [-0.39, 0.29) is 5.03 Å². The van der Waals surface area contributed by atoms with Gasteiger partial charge in [-0.1, -0.05) is 13.8 Å². The van der Waals surface area contributed by atoms with Gasteiger partial charge in [-0.15, -0.1) is 0 Å². The highest BCUT2D eigenvalue weighted by Gasteiger charge is 2.13. The van der Waals surface area contributed by atoms with E-state index in [0.717, 1.165) is 19.4 Å². The zero-order chi connectivity index (χ0) is 12.3. The fourth-order valence-electron chi connectivity index (χ4n) is 1.51. The van der Waals surface area contributed by atoms with Crippen LogP contribution in [-0.2, 0) is 16.6 Å². The van der Waals surface area contributed by atoms with Crippen LogP contribution in [0.25, 0.3) is 0 Å². The zero-order valence-corrected chi connectivity index (χ0v) is 10.8. The zero-order valence-electron chi connectivity index (χ0n) is 9.97. The van der Waals surface area contributed by atoms with Crippen LogP contribution < -0.4 is 5.14 Å². The number of aryl methyl sites for hydroxylation is 2. The standard InChI is InChI=1S/C10H19N3O2S/c1-8(2)5-4-6-13-7-10(12-9(13)3)16(11,14)15/h7-8H,4-6H2,1-3H3,(H2,11,14,15). The van der Waals surface area contributed by atoms with Crippen molar-refractivity contribution in [3.05, 3.63) is 12.0 Å². The van der Waals surface area contributed by atoms with Gasteiger partial charge in [0.1, 0.15) is 5.82 Å². The minimum absolute atomic E-state index is 0.0467. The first-order valence-corrected chi connectivity index (χ1v) is 6.92. The van der Waals surface area contributed by atoms with Crippen LogP contribution >= 0.6 is 0 Å². The Morgan fingerprint density at radius 3 is 2.56 bits per heavy atom. The average Bonchev–Trinajstić information content (AvgIpc) is 2.46. The largest absolute Gasteiger partial charge is 0.334 e. The Labute approximate surface area is 96.7 Å². The molecule has 0 aromatic carbocycles. The normalized spacial score (nSPS) is 12.3. The van der Waals surface area contributed by atoms with Gasteiger partial charge in [0, 0.05) is 12.7 Å². The minimum atomic E-state index is -3.68. The molecule has 0 spiro atoms. The summed E-state index contributed by atoms with van der Waals surface area (Å²) in [6, 6.07) is 0.